The number of benzene rings is 1. The number of nitro benzene ring substituents is 1. The molecule has 3 nitrogen and oxygen atoms in total. The van der Waals surface area contributed by atoms with Crippen molar-refractivity contribution in [1.82, 2.24) is 0 Å². The van der Waals surface area contributed by atoms with Gasteiger partial charge in [-0.25, -0.2) is 0 Å². The summed E-state index contributed by atoms with van der Waals surface area (Å²) >= 11 is 5.00. The van der Waals surface area contributed by atoms with Gasteiger partial charge in [-0.3, -0.25) is 10.1 Å². The predicted octanol–water partition coefficient (Wildman–Crippen LogP) is 4.59. The molecule has 0 radical (unpaired) electrons. The molecular formula is C12H8BrNO2S. The lowest BCUT2D eigenvalue weighted by Gasteiger charge is -1.96. The van der Waals surface area contributed by atoms with Gasteiger partial charge in [0, 0.05) is 6.07 Å². The Morgan fingerprint density at radius 2 is 1.88 bits per heavy atom. The van der Waals surface area contributed by atoms with Crippen LogP contribution in [0.15, 0.2) is 39.5 Å². The van der Waals surface area contributed by atoms with Crippen molar-refractivity contribution in [3.63, 3.8) is 0 Å². The molecule has 0 spiro atoms. The lowest BCUT2D eigenvalue weighted by atomic mass is 10.1. The van der Waals surface area contributed by atoms with E-state index in [2.05, 4.69) is 15.9 Å². The molecule has 2 rings (SSSR count). The van der Waals surface area contributed by atoms with Crippen molar-refractivity contribution in [3.8, 4) is 0 Å². The molecule has 5 heteroatoms. The Labute approximate surface area is 111 Å². The molecule has 2 aromatic rings. The van der Waals surface area contributed by atoms with Crippen LogP contribution in [-0.4, -0.2) is 4.92 Å². The van der Waals surface area contributed by atoms with Crippen molar-refractivity contribution < 1.29 is 4.92 Å². The number of hydrogen-bond acceptors (Lipinski definition) is 3. The number of para-hydroxylation sites is 1. The van der Waals surface area contributed by atoms with E-state index in [0.717, 1.165) is 9.35 Å². The maximum absolute atomic E-state index is 10.8. The molecule has 0 bridgehead atoms. The Morgan fingerprint density at radius 1 is 1.18 bits per heavy atom. The summed E-state index contributed by atoms with van der Waals surface area (Å²) in [7, 11) is 0. The van der Waals surface area contributed by atoms with Gasteiger partial charge in [-0.15, -0.1) is 11.3 Å². The van der Waals surface area contributed by atoms with Gasteiger partial charge >= 0.3 is 0 Å². The van der Waals surface area contributed by atoms with Crippen molar-refractivity contribution in [2.24, 2.45) is 0 Å². The van der Waals surface area contributed by atoms with Gasteiger partial charge in [0.2, 0.25) is 0 Å². The first-order valence-corrected chi connectivity index (χ1v) is 6.50. The molecule has 0 fully saturated rings. The van der Waals surface area contributed by atoms with Crippen LogP contribution < -0.4 is 0 Å². The molecule has 0 amide bonds. The topological polar surface area (TPSA) is 43.1 Å². The van der Waals surface area contributed by atoms with Gasteiger partial charge in [0.05, 0.1) is 14.3 Å². The average molecular weight is 310 g/mol. The Morgan fingerprint density at radius 3 is 2.53 bits per heavy atom. The van der Waals surface area contributed by atoms with Crippen LogP contribution in [0.3, 0.4) is 0 Å². The summed E-state index contributed by atoms with van der Waals surface area (Å²) in [6.45, 7) is 0. The zero-order chi connectivity index (χ0) is 12.3. The van der Waals surface area contributed by atoms with Crippen LogP contribution in [0.4, 0.5) is 5.69 Å². The van der Waals surface area contributed by atoms with Gasteiger partial charge in [-0.1, -0.05) is 18.2 Å². The fourth-order valence-electron chi connectivity index (χ4n) is 1.40. The second-order valence-electron chi connectivity index (χ2n) is 3.30. The minimum atomic E-state index is -0.373. The summed E-state index contributed by atoms with van der Waals surface area (Å²) in [6, 6.07) is 8.64. The molecule has 86 valence electrons. The summed E-state index contributed by atoms with van der Waals surface area (Å²) in [5.41, 5.74) is 1.75. The highest BCUT2D eigenvalue weighted by Crippen LogP contribution is 2.26. The van der Waals surface area contributed by atoms with Gasteiger partial charge < -0.3 is 0 Å². The third-order valence-electron chi connectivity index (χ3n) is 2.22. The molecule has 0 saturated heterocycles. The maximum atomic E-state index is 10.8. The SMILES string of the molecule is O=[N+]([O-])c1ccccc1C=Cc1ccsc1Br. The van der Waals surface area contributed by atoms with Crippen LogP contribution in [-0.2, 0) is 0 Å². The molecule has 17 heavy (non-hydrogen) atoms. The molecule has 0 aliphatic rings. The van der Waals surface area contributed by atoms with Crippen LogP contribution >= 0.6 is 27.3 Å². The van der Waals surface area contributed by atoms with Crippen LogP contribution in [0.25, 0.3) is 12.2 Å². The smallest absolute Gasteiger partial charge is 0.258 e. The van der Waals surface area contributed by atoms with Crippen LogP contribution in [0.2, 0.25) is 0 Å². The van der Waals surface area contributed by atoms with E-state index in [9.17, 15) is 10.1 Å². The maximum Gasteiger partial charge on any atom is 0.276 e. The Kier molecular flexibility index (Phi) is 3.71. The largest absolute Gasteiger partial charge is 0.276 e. The Hall–Kier alpha value is -1.46. The third-order valence-corrected chi connectivity index (χ3v) is 3.96. The number of nitrogens with zero attached hydrogens (tertiary/aromatic N) is 1. The third kappa shape index (κ3) is 2.81. The van der Waals surface area contributed by atoms with Gasteiger partial charge in [0.15, 0.2) is 0 Å². The van der Waals surface area contributed by atoms with Crippen molar-refractivity contribution in [2.45, 2.75) is 0 Å². The first-order chi connectivity index (χ1) is 8.18. The van der Waals surface area contributed by atoms with Crippen molar-refractivity contribution >= 4 is 45.1 Å². The van der Waals surface area contributed by atoms with E-state index >= 15 is 0 Å². The summed E-state index contributed by atoms with van der Waals surface area (Å²) in [5, 5.41) is 12.8. The van der Waals surface area contributed by atoms with E-state index in [-0.39, 0.29) is 10.6 Å². The average Bonchev–Trinajstić information content (AvgIpc) is 2.72. The minimum Gasteiger partial charge on any atom is -0.258 e. The summed E-state index contributed by atoms with van der Waals surface area (Å²) in [4.78, 5) is 10.4. The molecule has 0 aliphatic carbocycles. The van der Waals surface area contributed by atoms with Crippen molar-refractivity contribution in [1.29, 1.82) is 0 Å². The molecule has 0 aliphatic heterocycles. The second-order valence-corrected chi connectivity index (χ2v) is 5.53. The summed E-state index contributed by atoms with van der Waals surface area (Å²) in [5.74, 6) is 0. The zero-order valence-electron chi connectivity index (χ0n) is 8.67. The molecule has 1 heterocycles. The molecule has 0 N–H and O–H groups in total. The summed E-state index contributed by atoms with van der Waals surface area (Å²) in [6.07, 6.45) is 3.62. The molecule has 1 aromatic carbocycles. The van der Waals surface area contributed by atoms with Crippen molar-refractivity contribution in [3.05, 3.63) is 60.7 Å². The minimum absolute atomic E-state index is 0.120. The lowest BCUT2D eigenvalue weighted by molar-refractivity contribution is -0.385. The monoisotopic (exact) mass is 309 g/mol. The second kappa shape index (κ2) is 5.25. The molecular weight excluding hydrogens is 302 g/mol. The van der Waals surface area contributed by atoms with E-state index in [4.69, 9.17) is 0 Å². The Bertz CT molecular complexity index is 577. The highest BCUT2D eigenvalue weighted by molar-refractivity contribution is 9.11. The molecule has 0 saturated carbocycles. The van der Waals surface area contributed by atoms with E-state index in [1.807, 2.05) is 17.5 Å². The van der Waals surface area contributed by atoms with Gasteiger partial charge in [-0.2, -0.15) is 0 Å². The number of nitro groups is 1. The fraction of sp³-hybridized carbons (Fsp3) is 0. The van der Waals surface area contributed by atoms with Crippen LogP contribution in [0, 0.1) is 10.1 Å². The molecule has 0 unspecified atom stereocenters. The predicted molar refractivity (Wildman–Crippen MR) is 74.0 cm³/mol. The molecule has 0 atom stereocenters. The van der Waals surface area contributed by atoms with Gasteiger partial charge in [-0.05, 0) is 45.1 Å². The van der Waals surface area contributed by atoms with Crippen molar-refractivity contribution in [2.75, 3.05) is 0 Å². The highest BCUT2D eigenvalue weighted by atomic mass is 79.9. The fourth-order valence-corrected chi connectivity index (χ4v) is 2.59. The first kappa shape index (κ1) is 12.0. The zero-order valence-corrected chi connectivity index (χ0v) is 11.1. The highest BCUT2D eigenvalue weighted by Gasteiger charge is 2.09. The number of rotatable bonds is 3. The normalized spacial score (nSPS) is 10.9. The number of halogens is 1. The quantitative estimate of drug-likeness (QED) is 0.615. The number of thiophene rings is 1. The standard InChI is InChI=1S/C12H8BrNO2S/c13-12-10(7-8-17-12)6-5-9-3-1-2-4-11(9)14(15)16/h1-8H. The first-order valence-electron chi connectivity index (χ1n) is 4.83. The summed E-state index contributed by atoms with van der Waals surface area (Å²) < 4.78 is 1.02. The van der Waals surface area contributed by atoms with Crippen LogP contribution in [0.1, 0.15) is 11.1 Å². The van der Waals surface area contributed by atoms with Gasteiger partial charge in [0.25, 0.3) is 5.69 Å². The van der Waals surface area contributed by atoms with E-state index in [1.54, 1.807) is 35.6 Å². The van der Waals surface area contributed by atoms with Crippen LogP contribution in [0.5, 0.6) is 0 Å². The Balaban J connectivity index is 2.33. The van der Waals surface area contributed by atoms with E-state index in [0.29, 0.717) is 5.56 Å². The number of hydrogen-bond donors (Lipinski definition) is 0. The molecule has 1 aromatic heterocycles. The van der Waals surface area contributed by atoms with Gasteiger partial charge in [0.1, 0.15) is 0 Å². The van der Waals surface area contributed by atoms with E-state index in [1.165, 1.54) is 6.07 Å². The lowest BCUT2D eigenvalue weighted by Crippen LogP contribution is -1.90. The van der Waals surface area contributed by atoms with E-state index < -0.39 is 0 Å².